The zero-order valence-corrected chi connectivity index (χ0v) is 36.3. The van der Waals surface area contributed by atoms with Crippen LogP contribution in [0.2, 0.25) is 0 Å². The number of hydrogen-bond acceptors (Lipinski definition) is 5. The van der Waals surface area contributed by atoms with Crippen LogP contribution in [0.15, 0.2) is 58.3 Å². The summed E-state index contributed by atoms with van der Waals surface area (Å²) in [5.41, 5.74) is 0.244. The van der Waals surface area contributed by atoms with Crippen LogP contribution in [0.4, 0.5) is 0 Å². The number of nitrogens with zero attached hydrogens (tertiary/aromatic N) is 2. The first-order valence-corrected chi connectivity index (χ1v) is 22.4. The third-order valence-electron chi connectivity index (χ3n) is 10.3. The highest BCUT2D eigenvalue weighted by atomic mass is 32.2. The number of carbonyl (C=O) groups excluding carboxylic acids is 2. The second-order valence-electron chi connectivity index (χ2n) is 15.0. The predicted octanol–water partition coefficient (Wildman–Crippen LogP) is 10.6. The van der Waals surface area contributed by atoms with E-state index in [9.17, 15) is 19.8 Å². The number of rotatable bonds is 28. The maximum atomic E-state index is 10.6. The highest BCUT2D eigenvalue weighted by molar-refractivity contribution is 7.99. The number of carboxylic acids is 2. The monoisotopic (exact) mass is 757 g/mol. The normalized spacial score (nSPS) is 11.3. The SMILES string of the molecule is CCCC[N+](CCCC)(CCCC)CCCC.CCCC[N+](CCCC)(CCCC)CCCC.O=C([O-])c1ccc(Sc2ccc(C(=O)[O-])cc2)cc1. The fourth-order valence-corrected chi connectivity index (χ4v) is 7.56. The molecule has 2 rings (SSSR count). The lowest BCUT2D eigenvalue weighted by molar-refractivity contribution is -0.929. The van der Waals surface area contributed by atoms with E-state index in [0.29, 0.717) is 0 Å². The summed E-state index contributed by atoms with van der Waals surface area (Å²) in [4.78, 5) is 22.9. The summed E-state index contributed by atoms with van der Waals surface area (Å²) < 4.78 is 2.84. The van der Waals surface area contributed by atoms with Crippen LogP contribution in [-0.4, -0.2) is 73.3 Å². The van der Waals surface area contributed by atoms with Crippen molar-refractivity contribution >= 4 is 23.7 Å². The van der Waals surface area contributed by atoms with Gasteiger partial charge in [-0.25, -0.2) is 0 Å². The molecular formula is C46H80N2O4S. The minimum Gasteiger partial charge on any atom is -0.545 e. The largest absolute Gasteiger partial charge is 0.545 e. The minimum absolute atomic E-state index is 0.122. The average Bonchev–Trinajstić information content (AvgIpc) is 3.17. The topological polar surface area (TPSA) is 80.3 Å². The van der Waals surface area contributed by atoms with E-state index in [1.54, 1.807) is 24.3 Å². The molecule has 0 unspecified atom stereocenters. The van der Waals surface area contributed by atoms with Crippen LogP contribution in [0, 0.1) is 0 Å². The molecule has 2 aromatic carbocycles. The fourth-order valence-electron chi connectivity index (χ4n) is 6.74. The maximum Gasteiger partial charge on any atom is 0.0786 e. The Kier molecular flexibility index (Phi) is 30.5. The molecule has 6 nitrogen and oxygen atoms in total. The van der Waals surface area contributed by atoms with Gasteiger partial charge in [0.2, 0.25) is 0 Å². The van der Waals surface area contributed by atoms with E-state index >= 15 is 0 Å². The van der Waals surface area contributed by atoms with Gasteiger partial charge in [0.15, 0.2) is 0 Å². The molecule has 0 radical (unpaired) electrons. The van der Waals surface area contributed by atoms with Crippen LogP contribution < -0.4 is 10.2 Å². The third kappa shape index (κ3) is 23.2. The van der Waals surface area contributed by atoms with Crippen LogP contribution >= 0.6 is 11.8 Å². The molecule has 0 saturated carbocycles. The standard InChI is InChI=1S/2C16H36N.C14H10O4S/c2*1-5-9-13-17(14-10-6-2,15-11-7-3)16-12-8-4;15-13(16)9-1-5-11(6-2-9)19-12-7-3-10(4-8-12)14(17)18/h2*5-16H2,1-4H3;1-8H,(H,15,16)(H,17,18)/q2*+1;/p-2. The van der Waals surface area contributed by atoms with Gasteiger partial charge in [0.25, 0.3) is 0 Å². The first kappa shape index (κ1) is 50.6. The molecule has 0 fully saturated rings. The van der Waals surface area contributed by atoms with Gasteiger partial charge < -0.3 is 28.8 Å². The average molecular weight is 757 g/mol. The summed E-state index contributed by atoms with van der Waals surface area (Å²) in [5, 5.41) is 21.2. The molecule has 0 bridgehead atoms. The lowest BCUT2D eigenvalue weighted by Gasteiger charge is -2.39. The summed E-state index contributed by atoms with van der Waals surface area (Å²) >= 11 is 1.40. The molecule has 0 saturated heterocycles. The van der Waals surface area contributed by atoms with Gasteiger partial charge in [0.05, 0.1) is 64.3 Å². The lowest BCUT2D eigenvalue weighted by Crippen LogP contribution is -2.50. The molecule has 53 heavy (non-hydrogen) atoms. The first-order valence-electron chi connectivity index (χ1n) is 21.6. The van der Waals surface area contributed by atoms with Crippen LogP contribution in [0.25, 0.3) is 0 Å². The van der Waals surface area contributed by atoms with Crippen molar-refractivity contribution in [2.75, 3.05) is 52.4 Å². The molecule has 0 aliphatic rings. The van der Waals surface area contributed by atoms with Crippen LogP contribution in [0.1, 0.15) is 179 Å². The molecule has 0 aromatic heterocycles. The molecule has 7 heteroatoms. The Labute approximate surface area is 331 Å². The van der Waals surface area contributed by atoms with E-state index in [1.807, 2.05) is 0 Å². The minimum atomic E-state index is -1.21. The summed E-state index contributed by atoms with van der Waals surface area (Å²) in [6.45, 7) is 30.0. The van der Waals surface area contributed by atoms with E-state index in [2.05, 4.69) is 55.4 Å². The van der Waals surface area contributed by atoms with Crippen LogP contribution in [0.5, 0.6) is 0 Å². The Morgan fingerprint density at radius 3 is 0.736 bits per heavy atom. The molecule has 0 atom stereocenters. The van der Waals surface area contributed by atoms with Gasteiger partial charge in [-0.1, -0.05) is 143 Å². The zero-order valence-electron chi connectivity index (χ0n) is 35.5. The third-order valence-corrected chi connectivity index (χ3v) is 11.3. The van der Waals surface area contributed by atoms with E-state index in [1.165, 1.54) is 200 Å². The Balaban J connectivity index is 0.000000768. The van der Waals surface area contributed by atoms with Gasteiger partial charge in [-0.2, -0.15) is 0 Å². The zero-order chi connectivity index (χ0) is 39.8. The summed E-state index contributed by atoms with van der Waals surface area (Å²) in [7, 11) is 0. The second kappa shape index (κ2) is 31.9. The number of carbonyl (C=O) groups is 2. The van der Waals surface area contributed by atoms with Gasteiger partial charge in [-0.15, -0.1) is 0 Å². The van der Waals surface area contributed by atoms with E-state index in [0.717, 1.165) is 9.79 Å². The van der Waals surface area contributed by atoms with Crippen LogP contribution in [-0.2, 0) is 0 Å². The van der Waals surface area contributed by atoms with Crippen molar-refractivity contribution in [2.24, 2.45) is 0 Å². The Hall–Kier alpha value is -2.35. The van der Waals surface area contributed by atoms with Gasteiger partial charge in [0.1, 0.15) is 0 Å². The highest BCUT2D eigenvalue weighted by Gasteiger charge is 2.25. The summed E-state index contributed by atoms with van der Waals surface area (Å²) in [5.74, 6) is -2.43. The highest BCUT2D eigenvalue weighted by Crippen LogP contribution is 2.28. The molecular weight excluding hydrogens is 677 g/mol. The molecule has 0 spiro atoms. The smallest absolute Gasteiger partial charge is 0.0786 e. The van der Waals surface area contributed by atoms with E-state index in [4.69, 9.17) is 0 Å². The molecule has 2 aromatic rings. The van der Waals surface area contributed by atoms with Gasteiger partial charge in [-0.3, -0.25) is 0 Å². The number of hydrogen-bond donors (Lipinski definition) is 0. The predicted molar refractivity (Wildman–Crippen MR) is 224 cm³/mol. The number of benzene rings is 2. The maximum absolute atomic E-state index is 10.6. The Morgan fingerprint density at radius 1 is 0.396 bits per heavy atom. The molecule has 304 valence electrons. The Bertz CT molecular complexity index is 1000. The van der Waals surface area contributed by atoms with Crippen molar-refractivity contribution in [3.8, 4) is 0 Å². The van der Waals surface area contributed by atoms with E-state index in [-0.39, 0.29) is 11.1 Å². The molecule has 0 amide bonds. The van der Waals surface area contributed by atoms with Crippen molar-refractivity contribution in [1.82, 2.24) is 0 Å². The van der Waals surface area contributed by atoms with Crippen LogP contribution in [0.3, 0.4) is 0 Å². The second-order valence-corrected chi connectivity index (χ2v) is 16.2. The first-order chi connectivity index (χ1) is 25.5. The fraction of sp³-hybridized carbons (Fsp3) is 0.696. The van der Waals surface area contributed by atoms with Crippen molar-refractivity contribution in [3.63, 3.8) is 0 Å². The van der Waals surface area contributed by atoms with Gasteiger partial charge in [0, 0.05) is 9.79 Å². The number of aromatic carboxylic acids is 2. The van der Waals surface area contributed by atoms with E-state index < -0.39 is 11.9 Å². The quantitative estimate of drug-likeness (QED) is 0.0808. The number of unbranched alkanes of at least 4 members (excludes halogenated alkanes) is 8. The van der Waals surface area contributed by atoms with Gasteiger partial charge >= 0.3 is 0 Å². The molecule has 0 aliphatic carbocycles. The Morgan fingerprint density at radius 2 is 0.585 bits per heavy atom. The molecule has 0 heterocycles. The van der Waals surface area contributed by atoms with Crippen molar-refractivity contribution < 1.29 is 28.8 Å². The van der Waals surface area contributed by atoms with Gasteiger partial charge in [-0.05, 0) is 86.8 Å². The molecule has 0 aliphatic heterocycles. The lowest BCUT2D eigenvalue weighted by atomic mass is 10.1. The molecule has 0 N–H and O–H groups in total. The number of carboxylic acid groups (broad SMARTS) is 2. The summed E-state index contributed by atoms with van der Waals surface area (Å²) in [6.07, 6.45) is 22.1. The van der Waals surface area contributed by atoms with Crippen molar-refractivity contribution in [3.05, 3.63) is 59.7 Å². The number of quaternary nitrogens is 2. The summed E-state index contributed by atoms with van der Waals surface area (Å²) in [6, 6.07) is 12.5. The van der Waals surface area contributed by atoms with Crippen molar-refractivity contribution in [2.45, 2.75) is 168 Å². The van der Waals surface area contributed by atoms with Crippen molar-refractivity contribution in [1.29, 1.82) is 0 Å².